The second-order valence-corrected chi connectivity index (χ2v) is 6.97. The second kappa shape index (κ2) is 7.32. The molecule has 2 bridgehead atoms. The number of hydrogen-bond acceptors (Lipinski definition) is 4. The highest BCUT2D eigenvalue weighted by Crippen LogP contribution is 2.42. The van der Waals surface area contributed by atoms with E-state index in [1.54, 1.807) is 13.3 Å². The SMILES string of the molecule is C=C[C@H]1CN2CC[C@H]1C[C@H]2[C@H](O)c1ccnc2ccc(OC)cc12.[Cl-]. The smallest absolute Gasteiger partial charge is 0.119 e. The summed E-state index contributed by atoms with van der Waals surface area (Å²) < 4.78 is 5.35. The van der Waals surface area contributed by atoms with Crippen LogP contribution in [0.4, 0.5) is 0 Å². The van der Waals surface area contributed by atoms with Gasteiger partial charge in [0.15, 0.2) is 0 Å². The fraction of sp³-hybridized carbons (Fsp3) is 0.450. The Morgan fingerprint density at radius 2 is 2.24 bits per heavy atom. The summed E-state index contributed by atoms with van der Waals surface area (Å²) in [5.41, 5.74) is 1.85. The molecule has 5 rings (SSSR count). The van der Waals surface area contributed by atoms with Gasteiger partial charge in [-0.3, -0.25) is 9.88 Å². The number of benzene rings is 1. The monoisotopic (exact) mass is 359 g/mol. The van der Waals surface area contributed by atoms with Gasteiger partial charge in [-0.1, -0.05) is 6.08 Å². The van der Waals surface area contributed by atoms with Gasteiger partial charge in [0.2, 0.25) is 0 Å². The number of aliphatic hydroxyl groups excluding tert-OH is 1. The first-order valence-electron chi connectivity index (χ1n) is 8.68. The molecule has 0 spiro atoms. The van der Waals surface area contributed by atoms with Crippen LogP contribution in [0.2, 0.25) is 0 Å². The second-order valence-electron chi connectivity index (χ2n) is 6.97. The molecule has 1 aromatic heterocycles. The molecule has 5 heteroatoms. The highest BCUT2D eigenvalue weighted by molar-refractivity contribution is 5.83. The van der Waals surface area contributed by atoms with E-state index in [0.29, 0.717) is 11.8 Å². The first kappa shape index (κ1) is 18.2. The van der Waals surface area contributed by atoms with Crippen LogP contribution in [0.1, 0.15) is 24.5 Å². The minimum absolute atomic E-state index is 0. The summed E-state index contributed by atoms with van der Waals surface area (Å²) in [5, 5.41) is 12.1. The Balaban J connectivity index is 0.00000182. The van der Waals surface area contributed by atoms with E-state index < -0.39 is 6.10 Å². The van der Waals surface area contributed by atoms with Crippen molar-refractivity contribution in [3.05, 3.63) is 48.7 Å². The van der Waals surface area contributed by atoms with E-state index in [2.05, 4.69) is 22.5 Å². The van der Waals surface area contributed by atoms with Crippen LogP contribution in [0, 0.1) is 11.8 Å². The molecule has 0 saturated carbocycles. The first-order chi connectivity index (χ1) is 11.7. The van der Waals surface area contributed by atoms with Gasteiger partial charge < -0.3 is 22.3 Å². The molecule has 2 aromatic rings. The number of hydrogen-bond donors (Lipinski definition) is 1. The summed E-state index contributed by atoms with van der Waals surface area (Å²) in [5.74, 6) is 2.01. The molecule has 5 atom stereocenters. The zero-order valence-electron chi connectivity index (χ0n) is 14.4. The average molecular weight is 360 g/mol. The van der Waals surface area contributed by atoms with Gasteiger partial charge >= 0.3 is 0 Å². The zero-order valence-corrected chi connectivity index (χ0v) is 15.2. The van der Waals surface area contributed by atoms with Crippen LogP contribution in [0.15, 0.2) is 43.1 Å². The lowest BCUT2D eigenvalue weighted by molar-refractivity contribution is -0.0444. The Kier molecular flexibility index (Phi) is 5.32. The fourth-order valence-electron chi connectivity index (χ4n) is 4.44. The van der Waals surface area contributed by atoms with Crippen molar-refractivity contribution in [3.8, 4) is 5.75 Å². The van der Waals surface area contributed by atoms with E-state index in [1.165, 1.54) is 6.42 Å². The van der Waals surface area contributed by atoms with E-state index in [9.17, 15) is 5.11 Å². The van der Waals surface area contributed by atoms with E-state index in [1.807, 2.05) is 24.3 Å². The molecule has 25 heavy (non-hydrogen) atoms. The van der Waals surface area contributed by atoms with Gasteiger partial charge in [-0.15, -0.1) is 6.58 Å². The Morgan fingerprint density at radius 1 is 1.40 bits per heavy atom. The summed E-state index contributed by atoms with van der Waals surface area (Å²) >= 11 is 0. The van der Waals surface area contributed by atoms with Crippen LogP contribution in [0.3, 0.4) is 0 Å². The minimum atomic E-state index is -0.504. The van der Waals surface area contributed by atoms with Crippen molar-refractivity contribution in [2.75, 3.05) is 20.2 Å². The molecule has 0 amide bonds. The van der Waals surface area contributed by atoms with E-state index >= 15 is 0 Å². The third-order valence-electron chi connectivity index (χ3n) is 5.82. The number of piperidine rings is 3. The number of ether oxygens (including phenoxy) is 1. The molecule has 1 unspecified atom stereocenters. The molecule has 0 aliphatic carbocycles. The van der Waals surface area contributed by atoms with Crippen LogP contribution in [0.5, 0.6) is 5.75 Å². The molecule has 1 aromatic carbocycles. The van der Waals surface area contributed by atoms with Crippen molar-refractivity contribution in [2.45, 2.75) is 25.0 Å². The number of aliphatic hydroxyl groups is 1. The zero-order chi connectivity index (χ0) is 16.7. The molecule has 4 heterocycles. The van der Waals surface area contributed by atoms with E-state index in [-0.39, 0.29) is 18.4 Å². The molecule has 3 aliphatic heterocycles. The summed E-state index contributed by atoms with van der Waals surface area (Å²) in [7, 11) is 1.66. The van der Waals surface area contributed by atoms with Crippen LogP contribution in [-0.4, -0.2) is 41.2 Å². The molecule has 3 saturated heterocycles. The van der Waals surface area contributed by atoms with Crippen LogP contribution >= 0.6 is 0 Å². The summed E-state index contributed by atoms with van der Waals surface area (Å²) in [6.07, 6.45) is 5.62. The number of pyridine rings is 1. The van der Waals surface area contributed by atoms with Crippen molar-refractivity contribution in [1.82, 2.24) is 9.88 Å². The summed E-state index contributed by atoms with van der Waals surface area (Å²) in [6, 6.07) is 7.96. The van der Waals surface area contributed by atoms with Crippen molar-refractivity contribution in [2.24, 2.45) is 11.8 Å². The average Bonchev–Trinajstić information content (AvgIpc) is 2.66. The number of methoxy groups -OCH3 is 1. The summed E-state index contributed by atoms with van der Waals surface area (Å²) in [4.78, 5) is 6.86. The quantitative estimate of drug-likeness (QED) is 0.791. The fourth-order valence-corrected chi connectivity index (χ4v) is 4.44. The number of halogens is 1. The summed E-state index contributed by atoms with van der Waals surface area (Å²) in [6.45, 7) is 6.07. The number of aromatic nitrogens is 1. The van der Waals surface area contributed by atoms with Gasteiger partial charge in [0.1, 0.15) is 5.75 Å². The number of fused-ring (bicyclic) bond motifs is 4. The van der Waals surface area contributed by atoms with Gasteiger partial charge in [-0.05, 0) is 61.1 Å². The normalized spacial score (nSPS) is 29.0. The molecule has 3 fully saturated rings. The lowest BCUT2D eigenvalue weighted by Gasteiger charge is -2.50. The van der Waals surface area contributed by atoms with Crippen molar-refractivity contribution < 1.29 is 22.3 Å². The lowest BCUT2D eigenvalue weighted by Crippen LogP contribution is -3.00. The van der Waals surface area contributed by atoms with Gasteiger partial charge in [-0.2, -0.15) is 0 Å². The van der Waals surface area contributed by atoms with Gasteiger partial charge in [0.25, 0.3) is 0 Å². The molecular formula is C20H24ClN2O2-. The highest BCUT2D eigenvalue weighted by atomic mass is 35.5. The van der Waals surface area contributed by atoms with Crippen LogP contribution in [-0.2, 0) is 0 Å². The molecule has 1 N–H and O–H groups in total. The lowest BCUT2D eigenvalue weighted by atomic mass is 9.73. The third-order valence-corrected chi connectivity index (χ3v) is 5.82. The standard InChI is InChI=1S/C20H24N2O2.ClH/c1-3-13-12-22-9-7-14(13)10-19(22)20(23)16-6-8-21-18-5-4-15(24-2)11-17(16)18;/h3-6,8,11,13-14,19-20,23H,1,7,9-10,12H2,2H3;1H/p-1/t13-,14-,19-,20+;/m0./s1. The van der Waals surface area contributed by atoms with Crippen molar-refractivity contribution in [1.29, 1.82) is 0 Å². The highest BCUT2D eigenvalue weighted by Gasteiger charge is 2.42. The van der Waals surface area contributed by atoms with E-state index in [0.717, 1.165) is 41.7 Å². The molecule has 134 valence electrons. The maximum Gasteiger partial charge on any atom is 0.119 e. The number of rotatable bonds is 4. The largest absolute Gasteiger partial charge is 1.00 e. The van der Waals surface area contributed by atoms with Crippen LogP contribution in [0.25, 0.3) is 10.9 Å². The molecule has 3 aliphatic rings. The predicted octanol–water partition coefficient (Wildman–Crippen LogP) is 0.177. The molecule has 0 radical (unpaired) electrons. The Morgan fingerprint density at radius 3 is 2.92 bits per heavy atom. The molecular weight excluding hydrogens is 336 g/mol. The van der Waals surface area contributed by atoms with E-state index in [4.69, 9.17) is 4.74 Å². The Bertz CT molecular complexity index is 766. The molecule has 4 nitrogen and oxygen atoms in total. The van der Waals surface area contributed by atoms with Crippen molar-refractivity contribution in [3.63, 3.8) is 0 Å². The topological polar surface area (TPSA) is 45.6 Å². The van der Waals surface area contributed by atoms with Crippen LogP contribution < -0.4 is 17.1 Å². The maximum absolute atomic E-state index is 11.2. The minimum Gasteiger partial charge on any atom is -1.00 e. The first-order valence-corrected chi connectivity index (χ1v) is 8.68. The predicted molar refractivity (Wildman–Crippen MR) is 95.0 cm³/mol. The van der Waals surface area contributed by atoms with Gasteiger partial charge in [0, 0.05) is 24.2 Å². The van der Waals surface area contributed by atoms with Gasteiger partial charge in [-0.25, -0.2) is 0 Å². The third kappa shape index (κ3) is 3.14. The van der Waals surface area contributed by atoms with Gasteiger partial charge in [0.05, 0.1) is 18.7 Å². The Labute approximate surface area is 154 Å². The Hall–Kier alpha value is -1.62. The maximum atomic E-state index is 11.2. The number of nitrogens with zero attached hydrogens (tertiary/aromatic N) is 2. The van der Waals surface area contributed by atoms with Crippen molar-refractivity contribution >= 4 is 10.9 Å².